The molecule has 4 nitrogen and oxygen atoms in total. The molecule has 1 aliphatic carbocycles. The lowest BCUT2D eigenvalue weighted by molar-refractivity contribution is -0.120. The van der Waals surface area contributed by atoms with Crippen molar-refractivity contribution in [3.8, 4) is 5.75 Å². The number of hydrogen-bond acceptors (Lipinski definition) is 3. The molecule has 0 aromatic heterocycles. The molecule has 1 aromatic rings. The number of aryl methyl sites for hydroxylation is 1. The van der Waals surface area contributed by atoms with E-state index in [9.17, 15) is 4.79 Å². The van der Waals surface area contributed by atoms with E-state index in [4.69, 9.17) is 10.5 Å². The summed E-state index contributed by atoms with van der Waals surface area (Å²) in [5, 5.41) is 3.22. The molecule has 1 aliphatic rings. The summed E-state index contributed by atoms with van der Waals surface area (Å²) in [6, 6.07) is 6.23. The number of amides is 1. The highest BCUT2D eigenvalue weighted by atomic mass is 16.5. The number of nitrogens with one attached hydrogen (secondary N) is 1. The highest BCUT2D eigenvalue weighted by Gasteiger charge is 2.27. The van der Waals surface area contributed by atoms with Crippen LogP contribution in [-0.4, -0.2) is 24.6 Å². The predicted molar refractivity (Wildman–Crippen MR) is 79.9 cm³/mol. The molecule has 1 fully saturated rings. The molecule has 20 heavy (non-hydrogen) atoms. The van der Waals surface area contributed by atoms with Gasteiger partial charge in [0.15, 0.2) is 0 Å². The van der Waals surface area contributed by atoms with Crippen molar-refractivity contribution in [1.29, 1.82) is 0 Å². The SMILES string of the molecule is Cc1ccc(C(C)C)cc1OCC(NC1CC1)C(N)=O. The minimum Gasteiger partial charge on any atom is -0.491 e. The molecular weight excluding hydrogens is 252 g/mol. The van der Waals surface area contributed by atoms with Gasteiger partial charge in [-0.05, 0) is 42.9 Å². The monoisotopic (exact) mass is 276 g/mol. The van der Waals surface area contributed by atoms with Crippen LogP contribution < -0.4 is 15.8 Å². The van der Waals surface area contributed by atoms with Gasteiger partial charge in [0.2, 0.25) is 5.91 Å². The topological polar surface area (TPSA) is 64.3 Å². The third kappa shape index (κ3) is 3.97. The van der Waals surface area contributed by atoms with Crippen LogP contribution in [0.5, 0.6) is 5.75 Å². The molecule has 0 bridgehead atoms. The Morgan fingerprint density at radius 1 is 1.45 bits per heavy atom. The first-order valence-corrected chi connectivity index (χ1v) is 7.26. The molecular formula is C16H24N2O2. The molecule has 0 heterocycles. The number of benzene rings is 1. The lowest BCUT2D eigenvalue weighted by Crippen LogP contribution is -2.46. The normalized spacial score (nSPS) is 16.2. The van der Waals surface area contributed by atoms with E-state index in [2.05, 4.69) is 37.4 Å². The van der Waals surface area contributed by atoms with E-state index in [1.165, 1.54) is 5.56 Å². The lowest BCUT2D eigenvalue weighted by atomic mass is 10.0. The Bertz CT molecular complexity index is 481. The number of ether oxygens (including phenoxy) is 1. The van der Waals surface area contributed by atoms with Gasteiger partial charge < -0.3 is 15.8 Å². The Balaban J connectivity index is 2.00. The van der Waals surface area contributed by atoms with Crippen LogP contribution in [0.3, 0.4) is 0 Å². The fraction of sp³-hybridized carbons (Fsp3) is 0.562. The molecule has 3 N–H and O–H groups in total. The first-order chi connectivity index (χ1) is 9.47. The van der Waals surface area contributed by atoms with Crippen LogP contribution in [0.25, 0.3) is 0 Å². The van der Waals surface area contributed by atoms with Crippen molar-refractivity contribution < 1.29 is 9.53 Å². The van der Waals surface area contributed by atoms with Crippen LogP contribution in [0.15, 0.2) is 18.2 Å². The first-order valence-electron chi connectivity index (χ1n) is 7.26. The van der Waals surface area contributed by atoms with Gasteiger partial charge in [-0.25, -0.2) is 0 Å². The van der Waals surface area contributed by atoms with E-state index in [1.54, 1.807) is 0 Å². The van der Waals surface area contributed by atoms with Gasteiger partial charge in [0.1, 0.15) is 18.4 Å². The summed E-state index contributed by atoms with van der Waals surface area (Å²) in [4.78, 5) is 11.4. The van der Waals surface area contributed by atoms with Gasteiger partial charge in [-0.2, -0.15) is 0 Å². The highest BCUT2D eigenvalue weighted by Crippen LogP contribution is 2.25. The van der Waals surface area contributed by atoms with Crippen molar-refractivity contribution in [3.63, 3.8) is 0 Å². The molecule has 0 aliphatic heterocycles. The van der Waals surface area contributed by atoms with Crippen LogP contribution in [0.1, 0.15) is 43.7 Å². The maximum atomic E-state index is 11.4. The number of carbonyl (C=O) groups is 1. The standard InChI is InChI=1S/C16H24N2O2/c1-10(2)12-5-4-11(3)15(8-12)20-9-14(16(17)19)18-13-6-7-13/h4-5,8,10,13-14,18H,6-7,9H2,1-3H3,(H2,17,19). The molecule has 110 valence electrons. The smallest absolute Gasteiger partial charge is 0.238 e. The quantitative estimate of drug-likeness (QED) is 0.801. The number of carbonyl (C=O) groups excluding carboxylic acids is 1. The Hall–Kier alpha value is -1.55. The number of hydrogen-bond donors (Lipinski definition) is 2. The third-order valence-electron chi connectivity index (χ3n) is 3.64. The van der Waals surface area contributed by atoms with Crippen LogP contribution in [0, 0.1) is 6.92 Å². The van der Waals surface area contributed by atoms with Crippen molar-refractivity contribution in [3.05, 3.63) is 29.3 Å². The number of primary amides is 1. The van der Waals surface area contributed by atoms with Gasteiger partial charge in [0.05, 0.1) is 0 Å². The average Bonchev–Trinajstić information content (AvgIpc) is 3.19. The summed E-state index contributed by atoms with van der Waals surface area (Å²) in [7, 11) is 0. The van der Waals surface area contributed by atoms with Crippen molar-refractivity contribution in [1.82, 2.24) is 5.32 Å². The fourth-order valence-electron chi connectivity index (χ4n) is 2.05. The second kappa shape index (κ2) is 6.27. The summed E-state index contributed by atoms with van der Waals surface area (Å²) in [5.41, 5.74) is 7.72. The van der Waals surface area contributed by atoms with E-state index < -0.39 is 6.04 Å². The Morgan fingerprint density at radius 2 is 2.15 bits per heavy atom. The third-order valence-corrected chi connectivity index (χ3v) is 3.64. The average molecular weight is 276 g/mol. The van der Waals surface area contributed by atoms with Crippen molar-refractivity contribution in [2.24, 2.45) is 5.73 Å². The van der Waals surface area contributed by atoms with Gasteiger partial charge in [-0.1, -0.05) is 26.0 Å². The Morgan fingerprint density at radius 3 is 2.70 bits per heavy atom. The number of rotatable bonds is 7. The zero-order valence-electron chi connectivity index (χ0n) is 12.5. The molecule has 1 saturated carbocycles. The van der Waals surface area contributed by atoms with Crippen LogP contribution in [0.2, 0.25) is 0 Å². The summed E-state index contributed by atoms with van der Waals surface area (Å²) >= 11 is 0. The minimum absolute atomic E-state index is 0.286. The molecule has 1 atom stereocenters. The Labute approximate surface area is 120 Å². The highest BCUT2D eigenvalue weighted by molar-refractivity contribution is 5.80. The molecule has 2 rings (SSSR count). The molecule has 0 spiro atoms. The molecule has 1 unspecified atom stereocenters. The maximum absolute atomic E-state index is 11.4. The van der Waals surface area contributed by atoms with Crippen molar-refractivity contribution in [2.75, 3.05) is 6.61 Å². The first kappa shape index (κ1) is 14.9. The molecule has 4 heteroatoms. The summed E-state index contributed by atoms with van der Waals surface area (Å²) in [5.74, 6) is 0.934. The summed E-state index contributed by atoms with van der Waals surface area (Å²) in [6.45, 7) is 6.59. The van der Waals surface area contributed by atoms with E-state index in [0.717, 1.165) is 24.2 Å². The predicted octanol–water partition coefficient (Wildman–Crippen LogP) is 2.10. The summed E-state index contributed by atoms with van der Waals surface area (Å²) < 4.78 is 5.82. The van der Waals surface area contributed by atoms with Gasteiger partial charge in [0.25, 0.3) is 0 Å². The van der Waals surface area contributed by atoms with Gasteiger partial charge in [-0.15, -0.1) is 0 Å². The van der Waals surface area contributed by atoms with Crippen LogP contribution >= 0.6 is 0 Å². The lowest BCUT2D eigenvalue weighted by Gasteiger charge is -2.18. The largest absolute Gasteiger partial charge is 0.491 e. The molecule has 1 amide bonds. The summed E-state index contributed by atoms with van der Waals surface area (Å²) in [6.07, 6.45) is 2.23. The Kier molecular flexibility index (Phi) is 4.65. The van der Waals surface area contributed by atoms with E-state index in [-0.39, 0.29) is 12.5 Å². The van der Waals surface area contributed by atoms with Crippen molar-refractivity contribution >= 4 is 5.91 Å². The van der Waals surface area contributed by atoms with Crippen LogP contribution in [-0.2, 0) is 4.79 Å². The zero-order valence-corrected chi connectivity index (χ0v) is 12.5. The maximum Gasteiger partial charge on any atom is 0.238 e. The zero-order chi connectivity index (χ0) is 14.7. The minimum atomic E-state index is -0.412. The number of nitrogens with two attached hydrogens (primary N) is 1. The van der Waals surface area contributed by atoms with E-state index in [0.29, 0.717) is 12.0 Å². The molecule has 0 radical (unpaired) electrons. The second-order valence-corrected chi connectivity index (χ2v) is 5.89. The van der Waals surface area contributed by atoms with Crippen molar-refractivity contribution in [2.45, 2.75) is 51.6 Å². The van der Waals surface area contributed by atoms with E-state index in [1.807, 2.05) is 6.92 Å². The molecule has 1 aromatic carbocycles. The van der Waals surface area contributed by atoms with Gasteiger partial charge >= 0.3 is 0 Å². The van der Waals surface area contributed by atoms with Gasteiger partial charge in [-0.3, -0.25) is 4.79 Å². The van der Waals surface area contributed by atoms with Crippen LogP contribution in [0.4, 0.5) is 0 Å². The van der Waals surface area contributed by atoms with E-state index >= 15 is 0 Å². The molecule has 0 saturated heterocycles. The second-order valence-electron chi connectivity index (χ2n) is 5.89. The fourth-order valence-corrected chi connectivity index (χ4v) is 2.05. The van der Waals surface area contributed by atoms with Gasteiger partial charge in [0, 0.05) is 6.04 Å².